The molecule has 90 valence electrons. The summed E-state index contributed by atoms with van der Waals surface area (Å²) in [6.07, 6.45) is 4.20. The summed E-state index contributed by atoms with van der Waals surface area (Å²) in [5.41, 5.74) is 7.38. The highest BCUT2D eigenvalue weighted by atomic mass is 79.9. The van der Waals surface area contributed by atoms with Crippen molar-refractivity contribution in [2.45, 2.75) is 18.9 Å². The minimum atomic E-state index is 0. The zero-order valence-electron chi connectivity index (χ0n) is 9.03. The van der Waals surface area contributed by atoms with Gasteiger partial charge in [-0.1, -0.05) is 6.07 Å². The lowest BCUT2D eigenvalue weighted by Crippen LogP contribution is -2.33. The van der Waals surface area contributed by atoms with Gasteiger partial charge in [-0.2, -0.15) is 0 Å². The summed E-state index contributed by atoms with van der Waals surface area (Å²) in [6.45, 7) is 2.17. The Morgan fingerprint density at radius 3 is 2.62 bits per heavy atom. The summed E-state index contributed by atoms with van der Waals surface area (Å²) < 4.78 is 0.865. The number of halogens is 2. The standard InChI is InChI=1S/C11H16BrN3.ClH/c12-10-2-1-9(7-15-10)11(13)8-3-5-14-6-4-8;/h1-2,7-8,11,14H,3-6,13H2;1H/t11-;/m1./s1. The molecule has 1 fully saturated rings. The molecular formula is C11H17BrClN3. The van der Waals surface area contributed by atoms with E-state index in [4.69, 9.17) is 5.73 Å². The Morgan fingerprint density at radius 1 is 1.38 bits per heavy atom. The highest BCUT2D eigenvalue weighted by Crippen LogP contribution is 2.26. The third-order valence-electron chi connectivity index (χ3n) is 3.03. The van der Waals surface area contributed by atoms with Crippen molar-refractivity contribution >= 4 is 28.3 Å². The van der Waals surface area contributed by atoms with Crippen molar-refractivity contribution in [1.82, 2.24) is 10.3 Å². The molecule has 1 aromatic rings. The molecule has 0 saturated carbocycles. The largest absolute Gasteiger partial charge is 0.324 e. The number of nitrogens with one attached hydrogen (secondary N) is 1. The van der Waals surface area contributed by atoms with Gasteiger partial charge in [-0.3, -0.25) is 0 Å². The molecule has 0 amide bonds. The van der Waals surface area contributed by atoms with Crippen molar-refractivity contribution in [3.8, 4) is 0 Å². The van der Waals surface area contributed by atoms with E-state index in [1.165, 1.54) is 0 Å². The van der Waals surface area contributed by atoms with Crippen LogP contribution in [0.4, 0.5) is 0 Å². The number of aromatic nitrogens is 1. The first kappa shape index (κ1) is 13.9. The van der Waals surface area contributed by atoms with Crippen molar-refractivity contribution in [3.05, 3.63) is 28.5 Å². The summed E-state index contributed by atoms with van der Waals surface area (Å²) >= 11 is 3.33. The van der Waals surface area contributed by atoms with E-state index < -0.39 is 0 Å². The molecule has 3 nitrogen and oxygen atoms in total. The van der Waals surface area contributed by atoms with E-state index in [-0.39, 0.29) is 18.4 Å². The second-order valence-electron chi connectivity index (χ2n) is 4.03. The number of hydrogen-bond donors (Lipinski definition) is 2. The van der Waals surface area contributed by atoms with Crippen LogP contribution in [0, 0.1) is 5.92 Å². The van der Waals surface area contributed by atoms with Crippen LogP contribution in [0.5, 0.6) is 0 Å². The van der Waals surface area contributed by atoms with Crippen LogP contribution in [0.15, 0.2) is 22.9 Å². The molecule has 1 aromatic heterocycles. The van der Waals surface area contributed by atoms with Gasteiger partial charge in [-0.15, -0.1) is 12.4 Å². The van der Waals surface area contributed by atoms with Crippen molar-refractivity contribution in [2.75, 3.05) is 13.1 Å². The average Bonchev–Trinajstić information content (AvgIpc) is 2.30. The van der Waals surface area contributed by atoms with Gasteiger partial charge in [0.2, 0.25) is 0 Å². The fourth-order valence-electron chi connectivity index (χ4n) is 2.06. The van der Waals surface area contributed by atoms with Gasteiger partial charge in [-0.05, 0) is 59.4 Å². The summed E-state index contributed by atoms with van der Waals surface area (Å²) in [7, 11) is 0. The van der Waals surface area contributed by atoms with E-state index in [2.05, 4.69) is 32.3 Å². The summed E-state index contributed by atoms with van der Waals surface area (Å²) in [5, 5.41) is 3.35. The lowest BCUT2D eigenvalue weighted by molar-refractivity contribution is 0.321. The number of piperidine rings is 1. The van der Waals surface area contributed by atoms with Gasteiger partial charge >= 0.3 is 0 Å². The maximum Gasteiger partial charge on any atom is 0.106 e. The molecule has 1 atom stereocenters. The molecule has 1 aliphatic heterocycles. The van der Waals surface area contributed by atoms with Crippen LogP contribution in [0.2, 0.25) is 0 Å². The highest BCUT2D eigenvalue weighted by Gasteiger charge is 2.21. The van der Waals surface area contributed by atoms with Crippen molar-refractivity contribution in [2.24, 2.45) is 11.7 Å². The Kier molecular flexibility index (Phi) is 5.69. The van der Waals surface area contributed by atoms with Gasteiger partial charge in [0.25, 0.3) is 0 Å². The minimum Gasteiger partial charge on any atom is -0.324 e. The molecule has 2 heterocycles. The van der Waals surface area contributed by atoms with Crippen molar-refractivity contribution < 1.29 is 0 Å². The van der Waals surface area contributed by atoms with Gasteiger partial charge in [0, 0.05) is 12.2 Å². The molecule has 0 unspecified atom stereocenters. The van der Waals surface area contributed by atoms with Crippen LogP contribution in [-0.2, 0) is 0 Å². The van der Waals surface area contributed by atoms with Crippen LogP contribution in [-0.4, -0.2) is 18.1 Å². The Morgan fingerprint density at radius 2 is 2.06 bits per heavy atom. The minimum absolute atomic E-state index is 0. The van der Waals surface area contributed by atoms with Crippen LogP contribution < -0.4 is 11.1 Å². The summed E-state index contributed by atoms with van der Waals surface area (Å²) in [6, 6.07) is 4.15. The van der Waals surface area contributed by atoms with E-state index in [0.29, 0.717) is 5.92 Å². The zero-order chi connectivity index (χ0) is 10.7. The first-order valence-corrected chi connectivity index (χ1v) is 6.14. The number of nitrogens with two attached hydrogens (primary N) is 1. The predicted molar refractivity (Wildman–Crippen MR) is 71.7 cm³/mol. The number of hydrogen-bond acceptors (Lipinski definition) is 3. The van der Waals surface area contributed by atoms with Crippen LogP contribution in [0.1, 0.15) is 24.4 Å². The lowest BCUT2D eigenvalue weighted by Gasteiger charge is -2.28. The molecule has 0 spiro atoms. The molecule has 3 N–H and O–H groups in total. The lowest BCUT2D eigenvalue weighted by atomic mass is 9.87. The molecule has 1 saturated heterocycles. The Bertz CT molecular complexity index is 312. The predicted octanol–water partition coefficient (Wildman–Crippen LogP) is 2.27. The monoisotopic (exact) mass is 305 g/mol. The Hall–Kier alpha value is -0.160. The molecule has 0 aromatic carbocycles. The quantitative estimate of drug-likeness (QED) is 0.824. The molecular weight excluding hydrogens is 289 g/mol. The van der Waals surface area contributed by atoms with Gasteiger partial charge in [0.05, 0.1) is 0 Å². The fourth-order valence-corrected chi connectivity index (χ4v) is 2.29. The van der Waals surface area contributed by atoms with E-state index in [0.717, 1.165) is 36.1 Å². The summed E-state index contributed by atoms with van der Waals surface area (Å²) in [4.78, 5) is 4.22. The third-order valence-corrected chi connectivity index (χ3v) is 3.50. The Labute approximate surface area is 111 Å². The van der Waals surface area contributed by atoms with Crippen LogP contribution >= 0.6 is 28.3 Å². The smallest absolute Gasteiger partial charge is 0.106 e. The second-order valence-corrected chi connectivity index (χ2v) is 4.84. The van der Waals surface area contributed by atoms with Crippen molar-refractivity contribution in [3.63, 3.8) is 0 Å². The van der Waals surface area contributed by atoms with Gasteiger partial charge in [-0.25, -0.2) is 4.98 Å². The van der Waals surface area contributed by atoms with Gasteiger partial charge < -0.3 is 11.1 Å². The molecule has 16 heavy (non-hydrogen) atoms. The van der Waals surface area contributed by atoms with E-state index in [9.17, 15) is 0 Å². The van der Waals surface area contributed by atoms with Gasteiger partial charge in [0.1, 0.15) is 4.60 Å². The number of nitrogens with zero attached hydrogens (tertiary/aromatic N) is 1. The number of rotatable bonds is 2. The normalized spacial score (nSPS) is 18.9. The van der Waals surface area contributed by atoms with E-state index in [1.54, 1.807) is 0 Å². The zero-order valence-corrected chi connectivity index (χ0v) is 11.4. The van der Waals surface area contributed by atoms with Gasteiger partial charge in [0.15, 0.2) is 0 Å². The van der Waals surface area contributed by atoms with E-state index >= 15 is 0 Å². The summed E-state index contributed by atoms with van der Waals surface area (Å²) in [5.74, 6) is 0.592. The SMILES string of the molecule is Cl.N[C@@H](c1ccc(Br)nc1)C1CCNCC1. The number of pyridine rings is 1. The maximum absolute atomic E-state index is 6.24. The first-order chi connectivity index (χ1) is 7.27. The topological polar surface area (TPSA) is 50.9 Å². The molecule has 0 bridgehead atoms. The second kappa shape index (κ2) is 6.55. The first-order valence-electron chi connectivity index (χ1n) is 5.35. The molecule has 0 aliphatic carbocycles. The maximum atomic E-state index is 6.24. The molecule has 5 heteroatoms. The van der Waals surface area contributed by atoms with Crippen LogP contribution in [0.25, 0.3) is 0 Å². The fraction of sp³-hybridized carbons (Fsp3) is 0.545. The van der Waals surface area contributed by atoms with E-state index in [1.807, 2.05) is 12.3 Å². The average molecular weight is 307 g/mol. The van der Waals surface area contributed by atoms with Crippen molar-refractivity contribution in [1.29, 1.82) is 0 Å². The Balaban J connectivity index is 0.00000128. The highest BCUT2D eigenvalue weighted by molar-refractivity contribution is 9.10. The molecule has 1 aliphatic rings. The third kappa shape index (κ3) is 3.42. The van der Waals surface area contributed by atoms with Crippen LogP contribution in [0.3, 0.4) is 0 Å². The molecule has 0 radical (unpaired) electrons. The molecule has 2 rings (SSSR count).